The third-order valence-corrected chi connectivity index (χ3v) is 3.98. The maximum absolute atomic E-state index is 5.70. The second-order valence-electron chi connectivity index (χ2n) is 4.22. The van der Waals surface area contributed by atoms with Crippen LogP contribution in [0.4, 0.5) is 5.82 Å². The monoisotopic (exact) mass is 383 g/mol. The minimum Gasteiger partial charge on any atom is -0.493 e. The predicted molar refractivity (Wildman–Crippen MR) is 80.4 cm³/mol. The second-order valence-corrected chi connectivity index (χ2v) is 5.99. The van der Waals surface area contributed by atoms with E-state index in [0.29, 0.717) is 6.54 Å². The van der Waals surface area contributed by atoms with Crippen LogP contribution in [0.1, 0.15) is 11.1 Å². The van der Waals surface area contributed by atoms with Crippen molar-refractivity contribution in [2.75, 3.05) is 11.9 Å². The van der Waals surface area contributed by atoms with Crippen LogP contribution in [0.3, 0.4) is 0 Å². The van der Waals surface area contributed by atoms with Gasteiger partial charge in [-0.1, -0.05) is 15.9 Å². The number of hydrogen-bond donors (Lipinski definition) is 1. The van der Waals surface area contributed by atoms with Gasteiger partial charge in [0.25, 0.3) is 0 Å². The van der Waals surface area contributed by atoms with E-state index >= 15 is 0 Å². The van der Waals surface area contributed by atoms with Crippen LogP contribution in [0.2, 0.25) is 0 Å². The summed E-state index contributed by atoms with van der Waals surface area (Å²) in [6.07, 6.45) is 4.21. The molecule has 3 rings (SSSR count). The number of rotatable bonds is 3. The van der Waals surface area contributed by atoms with Gasteiger partial charge in [0, 0.05) is 29.2 Å². The van der Waals surface area contributed by atoms with Gasteiger partial charge >= 0.3 is 0 Å². The van der Waals surface area contributed by atoms with Crippen LogP contribution >= 0.6 is 31.9 Å². The van der Waals surface area contributed by atoms with E-state index in [-0.39, 0.29) is 0 Å². The lowest BCUT2D eigenvalue weighted by molar-refractivity contribution is 0.354. The van der Waals surface area contributed by atoms with Gasteiger partial charge in [-0.3, -0.25) is 0 Å². The number of fused-ring (bicyclic) bond motifs is 1. The zero-order chi connectivity index (χ0) is 13.2. The van der Waals surface area contributed by atoms with Gasteiger partial charge in [-0.25, -0.2) is 9.97 Å². The molecule has 1 aliphatic heterocycles. The van der Waals surface area contributed by atoms with E-state index in [4.69, 9.17) is 4.74 Å². The molecule has 1 aliphatic rings. The first kappa shape index (κ1) is 12.9. The molecule has 1 N–H and O–H groups in total. The van der Waals surface area contributed by atoms with E-state index < -0.39 is 0 Å². The first-order chi connectivity index (χ1) is 9.24. The number of aromatic nitrogens is 2. The summed E-state index contributed by atoms with van der Waals surface area (Å²) in [7, 11) is 0. The fourth-order valence-corrected chi connectivity index (χ4v) is 3.01. The minimum atomic E-state index is 0.664. The summed E-state index contributed by atoms with van der Waals surface area (Å²) in [5, 5.41) is 3.29. The fraction of sp³-hybridized carbons (Fsp3) is 0.231. The highest BCUT2D eigenvalue weighted by atomic mass is 79.9. The third-order valence-electron chi connectivity index (χ3n) is 2.94. The normalized spacial score (nSPS) is 12.9. The number of ether oxygens (including phenoxy) is 1. The average Bonchev–Trinajstić information content (AvgIpc) is 2.85. The van der Waals surface area contributed by atoms with E-state index in [1.165, 1.54) is 11.9 Å². The Balaban J connectivity index is 1.83. The molecule has 0 unspecified atom stereocenters. The van der Waals surface area contributed by atoms with Gasteiger partial charge < -0.3 is 10.1 Å². The molecule has 0 spiro atoms. The van der Waals surface area contributed by atoms with Crippen LogP contribution in [-0.2, 0) is 13.0 Å². The topological polar surface area (TPSA) is 47.0 Å². The zero-order valence-corrected chi connectivity index (χ0v) is 13.2. The first-order valence-corrected chi connectivity index (χ1v) is 7.46. The lowest BCUT2D eigenvalue weighted by atomic mass is 10.1. The van der Waals surface area contributed by atoms with Crippen molar-refractivity contribution in [2.45, 2.75) is 13.0 Å². The molecule has 6 heteroatoms. The Hall–Kier alpha value is -1.14. The van der Waals surface area contributed by atoms with Crippen LogP contribution in [0.5, 0.6) is 5.75 Å². The fourth-order valence-electron chi connectivity index (χ4n) is 2.10. The summed E-state index contributed by atoms with van der Waals surface area (Å²) in [5.41, 5.74) is 2.39. The molecule has 4 nitrogen and oxygen atoms in total. The minimum absolute atomic E-state index is 0.664. The molecule has 0 atom stereocenters. The molecule has 0 amide bonds. The molecule has 0 aliphatic carbocycles. The Morgan fingerprint density at radius 2 is 2.21 bits per heavy atom. The SMILES string of the molecule is Brc1cc2c(c(CNc3ncncc3Br)c1)OCC2. The molecule has 0 saturated carbocycles. The molecular formula is C13H11Br2N3O. The van der Waals surface area contributed by atoms with Gasteiger partial charge in [-0.15, -0.1) is 0 Å². The van der Waals surface area contributed by atoms with Crippen LogP contribution < -0.4 is 10.1 Å². The molecule has 1 aromatic carbocycles. The van der Waals surface area contributed by atoms with Gasteiger partial charge in [0.15, 0.2) is 0 Å². The largest absolute Gasteiger partial charge is 0.493 e. The lowest BCUT2D eigenvalue weighted by Crippen LogP contribution is -2.04. The number of nitrogens with zero attached hydrogens (tertiary/aromatic N) is 2. The maximum atomic E-state index is 5.70. The Morgan fingerprint density at radius 3 is 3.05 bits per heavy atom. The summed E-state index contributed by atoms with van der Waals surface area (Å²) in [5.74, 6) is 1.78. The van der Waals surface area contributed by atoms with Crippen molar-refractivity contribution < 1.29 is 4.74 Å². The average molecular weight is 385 g/mol. The van der Waals surface area contributed by atoms with Crippen molar-refractivity contribution in [3.05, 3.63) is 44.7 Å². The van der Waals surface area contributed by atoms with Crippen LogP contribution in [0, 0.1) is 0 Å². The Kier molecular flexibility index (Phi) is 3.70. The van der Waals surface area contributed by atoms with E-state index in [9.17, 15) is 0 Å². The highest BCUT2D eigenvalue weighted by Gasteiger charge is 2.17. The Morgan fingerprint density at radius 1 is 1.32 bits per heavy atom. The zero-order valence-electron chi connectivity index (χ0n) is 9.99. The standard InChI is InChI=1S/C13H11Br2N3O/c14-10-3-8-1-2-19-12(8)9(4-10)5-17-13-11(15)6-16-7-18-13/h3-4,6-7H,1-2,5H2,(H,16,17,18). The van der Waals surface area contributed by atoms with E-state index in [1.807, 2.05) is 0 Å². The van der Waals surface area contributed by atoms with Gasteiger partial charge in [0.1, 0.15) is 17.9 Å². The summed E-state index contributed by atoms with van der Waals surface area (Å²) < 4.78 is 7.63. The summed E-state index contributed by atoms with van der Waals surface area (Å²) in [4.78, 5) is 8.13. The highest BCUT2D eigenvalue weighted by Crippen LogP contribution is 2.33. The van der Waals surface area contributed by atoms with Crippen LogP contribution in [-0.4, -0.2) is 16.6 Å². The number of hydrogen-bond acceptors (Lipinski definition) is 4. The van der Waals surface area contributed by atoms with Gasteiger partial charge in [-0.05, 0) is 33.6 Å². The van der Waals surface area contributed by atoms with Crippen molar-refractivity contribution in [3.63, 3.8) is 0 Å². The Labute approximate surface area is 127 Å². The number of halogens is 2. The molecule has 0 bridgehead atoms. The first-order valence-electron chi connectivity index (χ1n) is 5.87. The summed E-state index contributed by atoms with van der Waals surface area (Å²) in [6, 6.07) is 4.19. The molecule has 1 aromatic heterocycles. The van der Waals surface area contributed by atoms with E-state index in [2.05, 4.69) is 59.3 Å². The van der Waals surface area contributed by atoms with Gasteiger partial charge in [-0.2, -0.15) is 0 Å². The van der Waals surface area contributed by atoms with Gasteiger partial charge in [0.05, 0.1) is 11.1 Å². The molecule has 2 aromatic rings. The van der Waals surface area contributed by atoms with Gasteiger partial charge in [0.2, 0.25) is 0 Å². The number of nitrogens with one attached hydrogen (secondary N) is 1. The number of benzene rings is 1. The number of anilines is 1. The highest BCUT2D eigenvalue weighted by molar-refractivity contribution is 9.10. The molecule has 0 radical (unpaired) electrons. The molecule has 0 fully saturated rings. The Bertz CT molecular complexity index is 619. The van der Waals surface area contributed by atoms with Crippen molar-refractivity contribution in [1.82, 2.24) is 9.97 Å². The third kappa shape index (κ3) is 2.74. The maximum Gasteiger partial charge on any atom is 0.144 e. The quantitative estimate of drug-likeness (QED) is 0.878. The summed E-state index contributed by atoms with van der Waals surface area (Å²) in [6.45, 7) is 1.42. The molecular weight excluding hydrogens is 374 g/mol. The smallest absolute Gasteiger partial charge is 0.144 e. The molecule has 98 valence electrons. The van der Waals surface area contributed by atoms with Crippen molar-refractivity contribution in [1.29, 1.82) is 0 Å². The van der Waals surface area contributed by atoms with Crippen LogP contribution in [0.15, 0.2) is 33.6 Å². The summed E-state index contributed by atoms with van der Waals surface area (Å²) >= 11 is 6.96. The molecule has 19 heavy (non-hydrogen) atoms. The molecule has 2 heterocycles. The van der Waals surface area contributed by atoms with Crippen molar-refractivity contribution in [2.24, 2.45) is 0 Å². The van der Waals surface area contributed by atoms with E-state index in [0.717, 1.165) is 39.1 Å². The van der Waals surface area contributed by atoms with Crippen molar-refractivity contribution >= 4 is 37.7 Å². The van der Waals surface area contributed by atoms with Crippen molar-refractivity contribution in [3.8, 4) is 5.75 Å². The molecule has 0 saturated heterocycles. The lowest BCUT2D eigenvalue weighted by Gasteiger charge is -2.11. The van der Waals surface area contributed by atoms with E-state index in [1.54, 1.807) is 6.20 Å². The van der Waals surface area contributed by atoms with Crippen LogP contribution in [0.25, 0.3) is 0 Å². The second kappa shape index (κ2) is 5.46. The predicted octanol–water partition coefficient (Wildman–Crippen LogP) is 3.55.